The van der Waals surface area contributed by atoms with E-state index in [1.54, 1.807) is 18.1 Å². The van der Waals surface area contributed by atoms with Crippen molar-refractivity contribution in [2.75, 3.05) is 17.3 Å². The summed E-state index contributed by atoms with van der Waals surface area (Å²) in [5.74, 6) is 2.19. The Morgan fingerprint density at radius 3 is 3.06 bits per heavy atom. The van der Waals surface area contributed by atoms with Crippen LogP contribution in [0, 0.1) is 0 Å². The van der Waals surface area contributed by atoms with Crippen LogP contribution in [0.1, 0.15) is 26.2 Å². The average molecular weight is 269 g/mol. The molecule has 0 saturated heterocycles. The molecule has 1 saturated carbocycles. The van der Waals surface area contributed by atoms with Crippen LogP contribution in [0.4, 0.5) is 5.82 Å². The third-order valence-electron chi connectivity index (χ3n) is 2.99. The lowest BCUT2D eigenvalue weighted by Crippen LogP contribution is -2.17. The Balaban J connectivity index is 1.88. The fourth-order valence-electron chi connectivity index (χ4n) is 2.20. The standard InChI is InChI=1S/C12H19N3S2/c1-3-17-10-5-4-9(6-10)15-11-7-12(16-2)14-8-13-11/h7-10H,3-6H2,1-2H3,(H,13,14,15). The molecule has 1 aliphatic carbocycles. The highest BCUT2D eigenvalue weighted by Crippen LogP contribution is 2.31. The molecule has 0 bridgehead atoms. The van der Waals surface area contributed by atoms with Crippen molar-refractivity contribution in [3.05, 3.63) is 12.4 Å². The first kappa shape index (κ1) is 13.0. The summed E-state index contributed by atoms with van der Waals surface area (Å²) >= 11 is 3.74. The number of aromatic nitrogens is 2. The summed E-state index contributed by atoms with van der Waals surface area (Å²) in [7, 11) is 0. The van der Waals surface area contributed by atoms with Gasteiger partial charge in [0, 0.05) is 17.4 Å². The maximum Gasteiger partial charge on any atom is 0.130 e. The predicted octanol–water partition coefficient (Wildman–Crippen LogP) is 3.28. The third kappa shape index (κ3) is 3.78. The van der Waals surface area contributed by atoms with Gasteiger partial charge in [0.1, 0.15) is 17.2 Å². The fraction of sp³-hybridized carbons (Fsp3) is 0.667. The first-order valence-corrected chi connectivity index (χ1v) is 8.33. The van der Waals surface area contributed by atoms with Crippen molar-refractivity contribution in [3.8, 4) is 0 Å². The van der Waals surface area contributed by atoms with Gasteiger partial charge in [-0.05, 0) is 31.3 Å². The zero-order chi connectivity index (χ0) is 12.1. The average Bonchev–Trinajstić information content (AvgIpc) is 2.77. The van der Waals surface area contributed by atoms with E-state index in [2.05, 4.69) is 34.0 Å². The van der Waals surface area contributed by atoms with Crippen LogP contribution in [-0.4, -0.2) is 33.3 Å². The molecule has 2 unspecified atom stereocenters. The smallest absolute Gasteiger partial charge is 0.130 e. The normalized spacial score (nSPS) is 23.9. The highest BCUT2D eigenvalue weighted by molar-refractivity contribution is 7.99. The summed E-state index contributed by atoms with van der Waals surface area (Å²) in [5, 5.41) is 5.39. The van der Waals surface area contributed by atoms with Gasteiger partial charge in [-0.2, -0.15) is 11.8 Å². The van der Waals surface area contributed by atoms with Crippen LogP contribution in [-0.2, 0) is 0 Å². The predicted molar refractivity (Wildman–Crippen MR) is 77.0 cm³/mol. The number of rotatable bonds is 5. The molecule has 0 radical (unpaired) electrons. The minimum Gasteiger partial charge on any atom is -0.367 e. The van der Waals surface area contributed by atoms with E-state index in [1.807, 2.05) is 12.3 Å². The third-order valence-corrected chi connectivity index (χ3v) is 4.86. The van der Waals surface area contributed by atoms with Crippen LogP contribution in [0.5, 0.6) is 0 Å². The van der Waals surface area contributed by atoms with E-state index in [0.717, 1.165) is 16.1 Å². The van der Waals surface area contributed by atoms with Gasteiger partial charge >= 0.3 is 0 Å². The molecule has 1 aromatic heterocycles. The Labute approximate surface area is 112 Å². The van der Waals surface area contributed by atoms with Crippen LogP contribution >= 0.6 is 23.5 Å². The second kappa shape index (κ2) is 6.50. The molecule has 1 N–H and O–H groups in total. The van der Waals surface area contributed by atoms with E-state index in [4.69, 9.17) is 0 Å². The topological polar surface area (TPSA) is 37.8 Å². The number of nitrogens with one attached hydrogen (secondary N) is 1. The minimum absolute atomic E-state index is 0.587. The Kier molecular flexibility index (Phi) is 4.98. The molecule has 0 aliphatic heterocycles. The quantitative estimate of drug-likeness (QED) is 0.656. The molecule has 1 fully saturated rings. The molecule has 1 aliphatic rings. The molecule has 17 heavy (non-hydrogen) atoms. The summed E-state index contributed by atoms with van der Waals surface area (Å²) in [5.41, 5.74) is 0. The summed E-state index contributed by atoms with van der Waals surface area (Å²) in [4.78, 5) is 8.46. The van der Waals surface area contributed by atoms with E-state index in [9.17, 15) is 0 Å². The molecule has 2 rings (SSSR count). The van der Waals surface area contributed by atoms with Crippen LogP contribution in [0.3, 0.4) is 0 Å². The first-order valence-electron chi connectivity index (χ1n) is 6.06. The summed E-state index contributed by atoms with van der Waals surface area (Å²) < 4.78 is 0. The Bertz CT molecular complexity index is 359. The zero-order valence-electron chi connectivity index (χ0n) is 10.3. The second-order valence-corrected chi connectivity index (χ2v) is 6.58. The maximum absolute atomic E-state index is 4.28. The minimum atomic E-state index is 0.587. The van der Waals surface area contributed by atoms with Gasteiger partial charge in [-0.3, -0.25) is 0 Å². The molecular formula is C12H19N3S2. The monoisotopic (exact) mass is 269 g/mol. The Hall–Kier alpha value is -0.420. The van der Waals surface area contributed by atoms with E-state index in [-0.39, 0.29) is 0 Å². The van der Waals surface area contributed by atoms with Gasteiger partial charge in [0.05, 0.1) is 0 Å². The van der Waals surface area contributed by atoms with E-state index >= 15 is 0 Å². The van der Waals surface area contributed by atoms with Crippen LogP contribution < -0.4 is 5.32 Å². The molecule has 0 spiro atoms. The number of hydrogen-bond acceptors (Lipinski definition) is 5. The van der Waals surface area contributed by atoms with Crippen LogP contribution in [0.2, 0.25) is 0 Å². The molecule has 0 amide bonds. The van der Waals surface area contributed by atoms with Gasteiger partial charge < -0.3 is 5.32 Å². The molecule has 1 aromatic rings. The summed E-state index contributed by atoms with van der Waals surface area (Å²) in [6.07, 6.45) is 7.53. The molecule has 0 aromatic carbocycles. The lowest BCUT2D eigenvalue weighted by molar-refractivity contribution is 0.749. The van der Waals surface area contributed by atoms with Crippen molar-refractivity contribution >= 4 is 29.3 Å². The number of hydrogen-bond donors (Lipinski definition) is 1. The van der Waals surface area contributed by atoms with Gasteiger partial charge in [-0.15, -0.1) is 11.8 Å². The summed E-state index contributed by atoms with van der Waals surface area (Å²) in [6.45, 7) is 2.24. The molecule has 5 heteroatoms. The van der Waals surface area contributed by atoms with Crippen molar-refractivity contribution in [3.63, 3.8) is 0 Å². The number of thioether (sulfide) groups is 2. The highest BCUT2D eigenvalue weighted by Gasteiger charge is 2.24. The van der Waals surface area contributed by atoms with E-state index in [0.29, 0.717) is 6.04 Å². The fourth-order valence-corrected chi connectivity index (χ4v) is 3.72. The van der Waals surface area contributed by atoms with E-state index < -0.39 is 0 Å². The molecule has 94 valence electrons. The number of anilines is 1. The largest absolute Gasteiger partial charge is 0.367 e. The maximum atomic E-state index is 4.28. The molecular weight excluding hydrogens is 250 g/mol. The molecule has 2 atom stereocenters. The molecule has 1 heterocycles. The van der Waals surface area contributed by atoms with Gasteiger partial charge in [0.25, 0.3) is 0 Å². The lowest BCUT2D eigenvalue weighted by Gasteiger charge is -2.13. The van der Waals surface area contributed by atoms with Crippen molar-refractivity contribution < 1.29 is 0 Å². The van der Waals surface area contributed by atoms with Gasteiger partial charge in [-0.1, -0.05) is 6.92 Å². The van der Waals surface area contributed by atoms with Crippen molar-refractivity contribution in [2.24, 2.45) is 0 Å². The van der Waals surface area contributed by atoms with Crippen molar-refractivity contribution in [2.45, 2.75) is 42.5 Å². The second-order valence-electron chi connectivity index (χ2n) is 4.18. The van der Waals surface area contributed by atoms with Crippen LogP contribution in [0.15, 0.2) is 17.4 Å². The lowest BCUT2D eigenvalue weighted by atomic mass is 10.2. The van der Waals surface area contributed by atoms with Gasteiger partial charge in [-0.25, -0.2) is 9.97 Å². The Morgan fingerprint density at radius 2 is 2.29 bits per heavy atom. The SMILES string of the molecule is CCSC1CCC(Nc2cc(SC)ncn2)C1. The number of nitrogens with zero attached hydrogens (tertiary/aromatic N) is 2. The Morgan fingerprint density at radius 1 is 1.41 bits per heavy atom. The zero-order valence-corrected chi connectivity index (χ0v) is 12.0. The van der Waals surface area contributed by atoms with Crippen molar-refractivity contribution in [1.29, 1.82) is 0 Å². The van der Waals surface area contributed by atoms with Crippen LogP contribution in [0.25, 0.3) is 0 Å². The van der Waals surface area contributed by atoms with Gasteiger partial charge in [0.2, 0.25) is 0 Å². The summed E-state index contributed by atoms with van der Waals surface area (Å²) in [6, 6.07) is 2.62. The first-order chi connectivity index (χ1) is 8.31. The highest BCUT2D eigenvalue weighted by atomic mass is 32.2. The van der Waals surface area contributed by atoms with Gasteiger partial charge in [0.15, 0.2) is 0 Å². The molecule has 3 nitrogen and oxygen atoms in total. The van der Waals surface area contributed by atoms with E-state index in [1.165, 1.54) is 25.0 Å². The van der Waals surface area contributed by atoms with Crippen molar-refractivity contribution in [1.82, 2.24) is 9.97 Å².